The molecule has 1 heterocycles. The summed E-state index contributed by atoms with van der Waals surface area (Å²) in [5, 5.41) is 2.96. The maximum absolute atomic E-state index is 12.4. The van der Waals surface area contributed by atoms with Gasteiger partial charge in [0.2, 0.25) is 11.8 Å². The van der Waals surface area contributed by atoms with Crippen molar-refractivity contribution in [3.8, 4) is 11.5 Å². The lowest BCUT2D eigenvalue weighted by Gasteiger charge is -2.30. The molecule has 1 saturated heterocycles. The van der Waals surface area contributed by atoms with E-state index in [1.54, 1.807) is 14.2 Å². The second kappa shape index (κ2) is 11.5. The monoisotopic (exact) mass is 439 g/mol. The van der Waals surface area contributed by atoms with E-state index < -0.39 is 0 Å². The molecule has 0 spiro atoms. The minimum Gasteiger partial charge on any atom is -0.493 e. The van der Waals surface area contributed by atoms with Crippen LogP contribution in [0.25, 0.3) is 0 Å². The number of rotatable bonds is 10. The maximum atomic E-state index is 12.4. The predicted molar refractivity (Wildman–Crippen MR) is 125 cm³/mol. The largest absolute Gasteiger partial charge is 0.493 e. The van der Waals surface area contributed by atoms with Crippen LogP contribution in [0.15, 0.2) is 42.5 Å². The molecular weight excluding hydrogens is 406 g/mol. The van der Waals surface area contributed by atoms with Crippen molar-refractivity contribution in [1.29, 1.82) is 0 Å². The fraction of sp³-hybridized carbons (Fsp3) is 0.440. The van der Waals surface area contributed by atoms with Crippen LogP contribution in [0.3, 0.4) is 0 Å². The number of amides is 2. The lowest BCUT2D eigenvalue weighted by Crippen LogP contribution is -2.39. The topological polar surface area (TPSA) is 93.9 Å². The molecule has 2 aromatic carbocycles. The van der Waals surface area contributed by atoms with Crippen molar-refractivity contribution in [3.63, 3.8) is 0 Å². The van der Waals surface area contributed by atoms with E-state index in [1.807, 2.05) is 30.3 Å². The standard InChI is InChI=1S/C25H33N3O4/c1-31-22-5-3-4-19(24(22)32-2)8-11-23(29)27-21-9-6-18(7-10-21)12-15-28-16-13-20(14-17-28)25(26)30/h3-7,9-10,20H,8,11-17H2,1-2H3,(H2,26,30)(H,27,29). The molecule has 0 unspecified atom stereocenters. The number of piperidine rings is 1. The number of anilines is 1. The number of nitrogens with two attached hydrogens (primary N) is 1. The van der Waals surface area contributed by atoms with E-state index in [9.17, 15) is 9.59 Å². The smallest absolute Gasteiger partial charge is 0.224 e. The van der Waals surface area contributed by atoms with Crippen molar-refractivity contribution in [2.45, 2.75) is 32.1 Å². The summed E-state index contributed by atoms with van der Waals surface area (Å²) in [5.74, 6) is 1.15. The zero-order valence-electron chi connectivity index (χ0n) is 18.9. The number of ether oxygens (including phenoxy) is 2. The van der Waals surface area contributed by atoms with Crippen molar-refractivity contribution < 1.29 is 19.1 Å². The van der Waals surface area contributed by atoms with Crippen LogP contribution in [-0.2, 0) is 22.4 Å². The van der Waals surface area contributed by atoms with Crippen molar-refractivity contribution in [2.75, 3.05) is 39.2 Å². The highest BCUT2D eigenvalue weighted by atomic mass is 16.5. The van der Waals surface area contributed by atoms with Gasteiger partial charge in [-0.2, -0.15) is 0 Å². The minimum atomic E-state index is -0.176. The molecular formula is C25H33N3O4. The zero-order chi connectivity index (χ0) is 22.9. The van der Waals surface area contributed by atoms with Gasteiger partial charge in [0.1, 0.15) is 0 Å². The number of carbonyl (C=O) groups is 2. The van der Waals surface area contributed by atoms with Gasteiger partial charge in [-0.1, -0.05) is 24.3 Å². The lowest BCUT2D eigenvalue weighted by molar-refractivity contribution is -0.123. The van der Waals surface area contributed by atoms with Crippen molar-refractivity contribution in [1.82, 2.24) is 4.90 Å². The molecule has 0 radical (unpaired) electrons. The number of primary amides is 1. The van der Waals surface area contributed by atoms with Gasteiger partial charge in [0.15, 0.2) is 11.5 Å². The third-order valence-electron chi connectivity index (χ3n) is 6.05. The third-order valence-corrected chi connectivity index (χ3v) is 6.05. The Hall–Kier alpha value is -3.06. The second-order valence-electron chi connectivity index (χ2n) is 8.17. The lowest BCUT2D eigenvalue weighted by atomic mass is 9.96. The highest BCUT2D eigenvalue weighted by Gasteiger charge is 2.22. The van der Waals surface area contributed by atoms with Crippen LogP contribution >= 0.6 is 0 Å². The van der Waals surface area contributed by atoms with Gasteiger partial charge in [0, 0.05) is 24.6 Å². The maximum Gasteiger partial charge on any atom is 0.224 e. The Balaban J connectivity index is 1.43. The summed E-state index contributed by atoms with van der Waals surface area (Å²) in [7, 11) is 3.20. The molecule has 0 bridgehead atoms. The van der Waals surface area contributed by atoms with Crippen molar-refractivity contribution in [2.24, 2.45) is 11.7 Å². The number of carbonyl (C=O) groups excluding carboxylic acids is 2. The summed E-state index contributed by atoms with van der Waals surface area (Å²) in [5.41, 5.74) is 8.36. The first-order valence-corrected chi connectivity index (χ1v) is 11.1. The van der Waals surface area contributed by atoms with Gasteiger partial charge in [-0.3, -0.25) is 9.59 Å². The van der Waals surface area contributed by atoms with Crippen LogP contribution < -0.4 is 20.5 Å². The van der Waals surface area contributed by atoms with Gasteiger partial charge in [-0.25, -0.2) is 0 Å². The molecule has 3 rings (SSSR count). The summed E-state index contributed by atoms with van der Waals surface area (Å²) < 4.78 is 10.7. The molecule has 7 nitrogen and oxygen atoms in total. The molecule has 1 aliphatic heterocycles. The molecule has 2 aromatic rings. The normalized spacial score (nSPS) is 14.7. The van der Waals surface area contributed by atoms with E-state index >= 15 is 0 Å². The van der Waals surface area contributed by atoms with Gasteiger partial charge < -0.3 is 25.4 Å². The summed E-state index contributed by atoms with van der Waals surface area (Å²) in [4.78, 5) is 26.1. The second-order valence-corrected chi connectivity index (χ2v) is 8.17. The highest BCUT2D eigenvalue weighted by molar-refractivity contribution is 5.90. The quantitative estimate of drug-likeness (QED) is 0.594. The van der Waals surface area contributed by atoms with E-state index in [4.69, 9.17) is 15.2 Å². The van der Waals surface area contributed by atoms with Crippen molar-refractivity contribution >= 4 is 17.5 Å². The van der Waals surface area contributed by atoms with Gasteiger partial charge >= 0.3 is 0 Å². The Morgan fingerprint density at radius 2 is 1.75 bits per heavy atom. The molecule has 0 aliphatic carbocycles. The number of hydrogen-bond donors (Lipinski definition) is 2. The Morgan fingerprint density at radius 1 is 1.03 bits per heavy atom. The molecule has 0 saturated carbocycles. The van der Waals surface area contributed by atoms with Crippen LogP contribution in [0, 0.1) is 5.92 Å². The first-order valence-electron chi connectivity index (χ1n) is 11.1. The summed E-state index contributed by atoms with van der Waals surface area (Å²) in [6.45, 7) is 2.79. The molecule has 0 aromatic heterocycles. The number of nitrogens with one attached hydrogen (secondary N) is 1. The molecule has 2 amide bonds. The van der Waals surface area contributed by atoms with Crippen LogP contribution in [0.1, 0.15) is 30.4 Å². The summed E-state index contributed by atoms with van der Waals surface area (Å²) >= 11 is 0. The number of methoxy groups -OCH3 is 2. The van der Waals surface area contributed by atoms with E-state index in [0.29, 0.717) is 24.3 Å². The Morgan fingerprint density at radius 3 is 2.38 bits per heavy atom. The molecule has 0 atom stereocenters. The molecule has 1 aliphatic rings. The zero-order valence-corrected chi connectivity index (χ0v) is 18.9. The SMILES string of the molecule is COc1cccc(CCC(=O)Nc2ccc(CCN3CCC(C(N)=O)CC3)cc2)c1OC. The Kier molecular flexibility index (Phi) is 8.50. The third kappa shape index (κ3) is 6.47. The molecule has 32 heavy (non-hydrogen) atoms. The van der Waals surface area contributed by atoms with Crippen LogP contribution in [0.2, 0.25) is 0 Å². The summed E-state index contributed by atoms with van der Waals surface area (Å²) in [6.07, 6.45) is 3.55. The van der Waals surface area contributed by atoms with E-state index in [2.05, 4.69) is 22.3 Å². The number of aryl methyl sites for hydroxylation is 1. The molecule has 3 N–H and O–H groups in total. The Bertz CT molecular complexity index is 906. The number of likely N-dealkylation sites (tertiary alicyclic amines) is 1. The van der Waals surface area contributed by atoms with E-state index in [1.165, 1.54) is 5.56 Å². The average molecular weight is 440 g/mol. The Labute approximate surface area is 189 Å². The highest BCUT2D eigenvalue weighted by Crippen LogP contribution is 2.31. The van der Waals surface area contributed by atoms with Gasteiger partial charge in [0.05, 0.1) is 14.2 Å². The van der Waals surface area contributed by atoms with Gasteiger partial charge in [0.25, 0.3) is 0 Å². The van der Waals surface area contributed by atoms with Crippen LogP contribution in [0.4, 0.5) is 5.69 Å². The van der Waals surface area contributed by atoms with Gasteiger partial charge in [-0.15, -0.1) is 0 Å². The van der Waals surface area contributed by atoms with Gasteiger partial charge in [-0.05, 0) is 68.1 Å². The fourth-order valence-corrected chi connectivity index (χ4v) is 4.11. The summed E-state index contributed by atoms with van der Waals surface area (Å²) in [6, 6.07) is 13.7. The first-order chi connectivity index (χ1) is 15.5. The predicted octanol–water partition coefficient (Wildman–Crippen LogP) is 3.01. The number of nitrogens with zero attached hydrogens (tertiary/aromatic N) is 1. The first kappa shape index (κ1) is 23.6. The molecule has 172 valence electrons. The number of para-hydroxylation sites is 1. The average Bonchev–Trinajstić information content (AvgIpc) is 2.82. The fourth-order valence-electron chi connectivity index (χ4n) is 4.11. The minimum absolute atomic E-state index is 0.0270. The van der Waals surface area contributed by atoms with Crippen LogP contribution in [0.5, 0.6) is 11.5 Å². The molecule has 1 fully saturated rings. The molecule has 7 heteroatoms. The van der Waals surface area contributed by atoms with Crippen molar-refractivity contribution in [3.05, 3.63) is 53.6 Å². The number of benzene rings is 2. The van der Waals surface area contributed by atoms with Crippen LogP contribution in [-0.4, -0.2) is 50.6 Å². The van der Waals surface area contributed by atoms with E-state index in [-0.39, 0.29) is 17.7 Å². The number of hydrogen-bond acceptors (Lipinski definition) is 5. The van der Waals surface area contributed by atoms with E-state index in [0.717, 1.165) is 50.1 Å².